The molecule has 0 bridgehead atoms. The highest BCUT2D eigenvalue weighted by molar-refractivity contribution is 6.31. The highest BCUT2D eigenvalue weighted by Crippen LogP contribution is 2.29. The molecule has 0 saturated carbocycles. The normalized spacial score (nSPS) is 14.8. The Kier molecular flexibility index (Phi) is 5.53. The van der Waals surface area contributed by atoms with Crippen molar-refractivity contribution in [3.63, 3.8) is 0 Å². The molecular weight excluding hydrogens is 388 g/mol. The first-order valence-corrected chi connectivity index (χ1v) is 10.1. The number of carbonyl (C=O) groups excluding carboxylic acids is 1. The lowest BCUT2D eigenvalue weighted by molar-refractivity contribution is 0.187. The van der Waals surface area contributed by atoms with Gasteiger partial charge in [0.05, 0.1) is 0 Å². The Hall–Kier alpha value is -2.86. The molecule has 0 radical (unpaired) electrons. The van der Waals surface area contributed by atoms with Crippen LogP contribution in [0.4, 0.5) is 10.5 Å². The fourth-order valence-corrected chi connectivity index (χ4v) is 3.60. The van der Waals surface area contributed by atoms with Crippen LogP contribution in [0.3, 0.4) is 0 Å². The number of piperidine rings is 1. The number of anilines is 1. The number of nitrogens with zero attached hydrogens (tertiary/aromatic N) is 3. The minimum atomic E-state index is -0.116. The molecule has 0 atom stereocenters. The van der Waals surface area contributed by atoms with Crippen molar-refractivity contribution < 1.29 is 9.32 Å². The van der Waals surface area contributed by atoms with E-state index in [-0.39, 0.29) is 11.9 Å². The fraction of sp³-hybridized carbons (Fsp3) is 0.318. The minimum Gasteiger partial charge on any atom is -0.339 e. The van der Waals surface area contributed by atoms with E-state index >= 15 is 0 Å². The van der Waals surface area contributed by atoms with Gasteiger partial charge < -0.3 is 14.7 Å². The van der Waals surface area contributed by atoms with Crippen molar-refractivity contribution in [3.8, 4) is 11.4 Å². The predicted molar refractivity (Wildman–Crippen MR) is 113 cm³/mol. The topological polar surface area (TPSA) is 71.3 Å². The monoisotopic (exact) mass is 410 g/mol. The minimum absolute atomic E-state index is 0.116. The second kappa shape index (κ2) is 8.25. The van der Waals surface area contributed by atoms with Crippen molar-refractivity contribution in [2.24, 2.45) is 0 Å². The van der Waals surface area contributed by atoms with E-state index in [1.54, 1.807) is 6.07 Å². The molecule has 6 nitrogen and oxygen atoms in total. The molecule has 2 amide bonds. The van der Waals surface area contributed by atoms with Gasteiger partial charge in [-0.15, -0.1) is 0 Å². The summed E-state index contributed by atoms with van der Waals surface area (Å²) in [5.41, 5.74) is 3.82. The predicted octanol–water partition coefficient (Wildman–Crippen LogP) is 5.42. The lowest BCUT2D eigenvalue weighted by Gasteiger charge is -2.30. The van der Waals surface area contributed by atoms with Crippen molar-refractivity contribution in [2.45, 2.75) is 32.6 Å². The van der Waals surface area contributed by atoms with E-state index in [1.807, 2.05) is 55.1 Å². The lowest BCUT2D eigenvalue weighted by Crippen LogP contribution is -2.40. The second-order valence-electron chi connectivity index (χ2n) is 7.48. The molecular formula is C22H23ClN4O2. The molecule has 2 heterocycles. The number of nitrogens with one attached hydrogen (secondary N) is 1. The van der Waals surface area contributed by atoms with Crippen molar-refractivity contribution in [3.05, 3.63) is 64.5 Å². The summed E-state index contributed by atoms with van der Waals surface area (Å²) in [5, 5.41) is 7.68. The number of rotatable bonds is 3. The van der Waals surface area contributed by atoms with Crippen LogP contribution in [0.5, 0.6) is 0 Å². The molecule has 0 spiro atoms. The van der Waals surface area contributed by atoms with Crippen LogP contribution in [0.1, 0.15) is 35.8 Å². The number of hydrogen-bond donors (Lipinski definition) is 1. The summed E-state index contributed by atoms with van der Waals surface area (Å²) in [6.07, 6.45) is 1.58. The second-order valence-corrected chi connectivity index (χ2v) is 7.88. The lowest BCUT2D eigenvalue weighted by atomic mass is 9.97. The summed E-state index contributed by atoms with van der Waals surface area (Å²) in [7, 11) is 0. The van der Waals surface area contributed by atoms with Gasteiger partial charge in [-0.05, 0) is 44.4 Å². The van der Waals surface area contributed by atoms with Gasteiger partial charge in [0, 0.05) is 35.3 Å². The molecule has 1 aliphatic rings. The summed E-state index contributed by atoms with van der Waals surface area (Å²) >= 11 is 6.14. The van der Waals surface area contributed by atoms with E-state index in [0.717, 1.165) is 24.0 Å². The van der Waals surface area contributed by atoms with Gasteiger partial charge in [-0.25, -0.2) is 4.79 Å². The number of hydrogen-bond acceptors (Lipinski definition) is 4. The molecule has 29 heavy (non-hydrogen) atoms. The van der Waals surface area contributed by atoms with E-state index in [2.05, 4.69) is 15.5 Å². The number of halogens is 1. The number of aryl methyl sites for hydroxylation is 2. The third-order valence-electron chi connectivity index (χ3n) is 5.31. The molecule has 1 aromatic heterocycles. The maximum atomic E-state index is 12.5. The molecule has 1 fully saturated rings. The molecule has 1 N–H and O–H groups in total. The van der Waals surface area contributed by atoms with E-state index in [0.29, 0.717) is 35.5 Å². The largest absolute Gasteiger partial charge is 0.339 e. The maximum absolute atomic E-state index is 12.5. The third-order valence-corrected chi connectivity index (χ3v) is 5.71. The van der Waals surface area contributed by atoms with Crippen LogP contribution >= 0.6 is 11.6 Å². The van der Waals surface area contributed by atoms with E-state index in [4.69, 9.17) is 16.1 Å². The molecule has 1 aliphatic heterocycles. The zero-order chi connectivity index (χ0) is 20.4. The van der Waals surface area contributed by atoms with Crippen LogP contribution in [-0.2, 0) is 0 Å². The highest BCUT2D eigenvalue weighted by Gasteiger charge is 2.27. The summed E-state index contributed by atoms with van der Waals surface area (Å²) in [4.78, 5) is 18.9. The molecule has 7 heteroatoms. The Morgan fingerprint density at radius 2 is 1.86 bits per heavy atom. The van der Waals surface area contributed by atoms with Crippen molar-refractivity contribution >= 4 is 23.3 Å². The zero-order valence-electron chi connectivity index (χ0n) is 16.5. The Bertz CT molecular complexity index is 1010. The van der Waals surface area contributed by atoms with Crippen LogP contribution < -0.4 is 5.32 Å². The van der Waals surface area contributed by atoms with Gasteiger partial charge in [0.15, 0.2) is 0 Å². The molecule has 1 saturated heterocycles. The average molecular weight is 411 g/mol. The molecule has 0 aliphatic carbocycles. The van der Waals surface area contributed by atoms with Crippen LogP contribution in [0.25, 0.3) is 11.4 Å². The van der Waals surface area contributed by atoms with Crippen molar-refractivity contribution in [1.82, 2.24) is 15.0 Å². The maximum Gasteiger partial charge on any atom is 0.321 e. The average Bonchev–Trinajstić information content (AvgIpc) is 3.21. The number of benzene rings is 2. The first kappa shape index (κ1) is 19.5. The number of aromatic nitrogens is 2. The van der Waals surface area contributed by atoms with E-state index in [9.17, 15) is 4.79 Å². The summed E-state index contributed by atoms with van der Waals surface area (Å²) in [5.74, 6) is 1.42. The quantitative estimate of drug-likeness (QED) is 0.625. The van der Waals surface area contributed by atoms with Gasteiger partial charge in [-0.2, -0.15) is 4.98 Å². The van der Waals surface area contributed by atoms with Gasteiger partial charge >= 0.3 is 6.03 Å². The molecule has 3 aromatic rings. The zero-order valence-corrected chi connectivity index (χ0v) is 17.2. The fourth-order valence-electron chi connectivity index (χ4n) is 3.42. The number of amides is 2. The first-order chi connectivity index (χ1) is 14.0. The molecule has 150 valence electrons. The Balaban J connectivity index is 1.35. The van der Waals surface area contributed by atoms with E-state index < -0.39 is 0 Å². The SMILES string of the molecule is Cc1ccc(-c2noc(C3CCN(C(=O)Nc4ccc(C)c(Cl)c4)CC3)n2)cc1. The standard InChI is InChI=1S/C22H23ClN4O2/c1-14-3-6-16(7-4-14)20-25-21(29-26-20)17-9-11-27(12-10-17)22(28)24-18-8-5-15(2)19(23)13-18/h3-8,13,17H,9-12H2,1-2H3,(H,24,28). The summed E-state index contributed by atoms with van der Waals surface area (Å²) in [6.45, 7) is 5.25. The van der Waals surface area contributed by atoms with Gasteiger partial charge in [-0.1, -0.05) is 52.7 Å². The Morgan fingerprint density at radius 3 is 2.55 bits per heavy atom. The van der Waals surface area contributed by atoms with Crippen LogP contribution in [0.2, 0.25) is 5.02 Å². The Labute approximate surface area is 174 Å². The molecule has 2 aromatic carbocycles. The van der Waals surface area contributed by atoms with Crippen LogP contribution in [0, 0.1) is 13.8 Å². The molecule has 4 rings (SSSR count). The Morgan fingerprint density at radius 1 is 1.14 bits per heavy atom. The van der Waals surface area contributed by atoms with Gasteiger partial charge in [0.25, 0.3) is 0 Å². The highest BCUT2D eigenvalue weighted by atomic mass is 35.5. The number of likely N-dealkylation sites (tertiary alicyclic amines) is 1. The molecule has 0 unspecified atom stereocenters. The smallest absolute Gasteiger partial charge is 0.321 e. The first-order valence-electron chi connectivity index (χ1n) is 9.72. The summed E-state index contributed by atoms with van der Waals surface area (Å²) < 4.78 is 5.51. The van der Waals surface area contributed by atoms with Gasteiger partial charge in [-0.3, -0.25) is 0 Å². The van der Waals surface area contributed by atoms with Crippen molar-refractivity contribution in [2.75, 3.05) is 18.4 Å². The van der Waals surface area contributed by atoms with Gasteiger partial charge in [0.1, 0.15) is 0 Å². The van der Waals surface area contributed by atoms with Crippen molar-refractivity contribution in [1.29, 1.82) is 0 Å². The van der Waals surface area contributed by atoms with E-state index in [1.165, 1.54) is 5.56 Å². The van der Waals surface area contributed by atoms with Crippen LogP contribution in [-0.4, -0.2) is 34.2 Å². The summed E-state index contributed by atoms with van der Waals surface area (Å²) in [6, 6.07) is 13.5. The van der Waals surface area contributed by atoms with Crippen LogP contribution in [0.15, 0.2) is 47.0 Å². The number of carbonyl (C=O) groups is 1. The third kappa shape index (κ3) is 4.43. The van der Waals surface area contributed by atoms with Gasteiger partial charge in [0.2, 0.25) is 11.7 Å². The number of urea groups is 1.